The van der Waals surface area contributed by atoms with Gasteiger partial charge in [0.15, 0.2) is 11.7 Å². The third-order valence-corrected chi connectivity index (χ3v) is 5.34. The van der Waals surface area contributed by atoms with Crippen molar-refractivity contribution < 1.29 is 9.53 Å². The van der Waals surface area contributed by atoms with Crippen molar-refractivity contribution in [2.45, 2.75) is 13.8 Å². The molecule has 1 aromatic heterocycles. The first kappa shape index (κ1) is 17.0. The molecule has 24 heavy (non-hydrogen) atoms. The summed E-state index contributed by atoms with van der Waals surface area (Å²) in [5.41, 5.74) is 2.72. The number of anilines is 1. The fourth-order valence-electron chi connectivity index (χ4n) is 2.17. The molecule has 124 valence electrons. The Bertz CT molecular complexity index is 924. The number of carbonyl (C=O) groups is 1. The van der Waals surface area contributed by atoms with Crippen LogP contribution < -0.4 is 10.1 Å². The van der Waals surface area contributed by atoms with Crippen molar-refractivity contribution in [3.63, 3.8) is 0 Å². The second-order valence-corrected chi connectivity index (χ2v) is 7.08. The number of thiazole rings is 1. The van der Waals surface area contributed by atoms with Crippen LogP contribution in [0.4, 0.5) is 5.13 Å². The van der Waals surface area contributed by atoms with Crippen molar-refractivity contribution in [1.82, 2.24) is 4.98 Å². The number of fused-ring (bicyclic) bond motifs is 1. The highest BCUT2D eigenvalue weighted by Crippen LogP contribution is 2.35. The predicted octanol–water partition coefficient (Wildman–Crippen LogP) is 5.24. The highest BCUT2D eigenvalue weighted by molar-refractivity contribution is 7.22. The molecule has 0 saturated heterocycles. The number of nitrogens with one attached hydrogen (secondary N) is 1. The van der Waals surface area contributed by atoms with Crippen LogP contribution in [-0.2, 0) is 4.79 Å². The fraction of sp³-hybridized carbons (Fsp3) is 0.176. The van der Waals surface area contributed by atoms with E-state index < -0.39 is 0 Å². The van der Waals surface area contributed by atoms with E-state index >= 15 is 0 Å². The van der Waals surface area contributed by atoms with Crippen LogP contribution in [0.2, 0.25) is 10.0 Å². The van der Waals surface area contributed by atoms with Crippen molar-refractivity contribution in [3.05, 3.63) is 51.5 Å². The van der Waals surface area contributed by atoms with Crippen LogP contribution in [0.5, 0.6) is 5.75 Å². The summed E-state index contributed by atoms with van der Waals surface area (Å²) < 4.78 is 6.44. The third-order valence-electron chi connectivity index (χ3n) is 3.61. The molecule has 0 fully saturated rings. The molecule has 4 nitrogen and oxygen atoms in total. The number of carbonyl (C=O) groups excluding carboxylic acids is 1. The van der Waals surface area contributed by atoms with Gasteiger partial charge in [0.25, 0.3) is 5.91 Å². The molecular weight excluding hydrogens is 367 g/mol. The van der Waals surface area contributed by atoms with E-state index in [1.807, 2.05) is 38.1 Å². The summed E-state index contributed by atoms with van der Waals surface area (Å²) in [5.74, 6) is 0.418. The number of nitrogens with zero attached hydrogens (tertiary/aromatic N) is 1. The number of aryl methyl sites for hydroxylation is 1. The van der Waals surface area contributed by atoms with E-state index in [2.05, 4.69) is 10.3 Å². The van der Waals surface area contributed by atoms with Gasteiger partial charge in [0.1, 0.15) is 11.3 Å². The van der Waals surface area contributed by atoms with Crippen LogP contribution in [0.3, 0.4) is 0 Å². The quantitative estimate of drug-likeness (QED) is 0.673. The zero-order chi connectivity index (χ0) is 17.3. The molecule has 1 N–H and O–H groups in total. The van der Waals surface area contributed by atoms with Gasteiger partial charge in [-0.1, -0.05) is 46.7 Å². The SMILES string of the molecule is Cc1cccc(OCC(=O)Nc2nc3c(Cl)c(Cl)ccc3s2)c1C. The average molecular weight is 381 g/mol. The lowest BCUT2D eigenvalue weighted by Gasteiger charge is -2.10. The summed E-state index contributed by atoms with van der Waals surface area (Å²) in [4.78, 5) is 16.4. The van der Waals surface area contributed by atoms with Gasteiger partial charge in [-0.3, -0.25) is 10.1 Å². The van der Waals surface area contributed by atoms with Gasteiger partial charge in [-0.25, -0.2) is 4.98 Å². The maximum atomic E-state index is 12.1. The van der Waals surface area contributed by atoms with Crippen LogP contribution in [-0.4, -0.2) is 17.5 Å². The Kier molecular flexibility index (Phi) is 4.94. The Balaban J connectivity index is 1.69. The smallest absolute Gasteiger partial charge is 0.264 e. The van der Waals surface area contributed by atoms with Crippen molar-refractivity contribution in [3.8, 4) is 5.75 Å². The number of benzene rings is 2. The molecule has 3 aromatic rings. The fourth-order valence-corrected chi connectivity index (χ4v) is 3.48. The number of rotatable bonds is 4. The Morgan fingerprint density at radius 1 is 1.25 bits per heavy atom. The summed E-state index contributed by atoms with van der Waals surface area (Å²) in [6.45, 7) is 3.87. The second-order valence-electron chi connectivity index (χ2n) is 5.26. The number of amides is 1. The van der Waals surface area contributed by atoms with Crippen molar-refractivity contribution in [2.24, 2.45) is 0 Å². The molecule has 1 heterocycles. The molecule has 0 aliphatic carbocycles. The highest BCUT2D eigenvalue weighted by Gasteiger charge is 2.13. The largest absolute Gasteiger partial charge is 0.483 e. The average Bonchev–Trinajstić information content (AvgIpc) is 2.96. The predicted molar refractivity (Wildman–Crippen MR) is 99.7 cm³/mol. The molecule has 1 amide bonds. The molecule has 0 unspecified atom stereocenters. The summed E-state index contributed by atoms with van der Waals surface area (Å²) in [6, 6.07) is 9.27. The lowest BCUT2D eigenvalue weighted by molar-refractivity contribution is -0.118. The van der Waals surface area contributed by atoms with Gasteiger partial charge in [0, 0.05) is 0 Å². The van der Waals surface area contributed by atoms with Crippen LogP contribution in [0.1, 0.15) is 11.1 Å². The molecule has 0 spiro atoms. The topological polar surface area (TPSA) is 51.2 Å². The molecule has 0 aliphatic rings. The Morgan fingerprint density at radius 3 is 2.83 bits per heavy atom. The van der Waals surface area contributed by atoms with Gasteiger partial charge in [-0.15, -0.1) is 0 Å². The van der Waals surface area contributed by atoms with Crippen LogP contribution in [0, 0.1) is 13.8 Å². The van der Waals surface area contributed by atoms with Crippen molar-refractivity contribution >= 4 is 55.8 Å². The minimum atomic E-state index is -0.280. The standard InChI is InChI=1S/C17H14Cl2N2O2S/c1-9-4-3-5-12(10(9)2)23-8-14(22)20-17-21-16-13(24-17)7-6-11(18)15(16)19/h3-7H,8H2,1-2H3,(H,20,21,22). The summed E-state index contributed by atoms with van der Waals surface area (Å²) in [5, 5.41) is 4.01. The second kappa shape index (κ2) is 6.97. The monoisotopic (exact) mass is 380 g/mol. The molecule has 2 aromatic carbocycles. The summed E-state index contributed by atoms with van der Waals surface area (Å²) in [6.07, 6.45) is 0. The molecule has 0 bridgehead atoms. The zero-order valence-corrected chi connectivity index (χ0v) is 15.4. The van der Waals surface area contributed by atoms with Gasteiger partial charge < -0.3 is 4.74 Å². The molecule has 0 aliphatic heterocycles. The van der Waals surface area contributed by atoms with Crippen molar-refractivity contribution in [1.29, 1.82) is 0 Å². The molecule has 3 rings (SSSR count). The zero-order valence-electron chi connectivity index (χ0n) is 13.0. The number of halogens is 2. The number of ether oxygens (including phenoxy) is 1. The lowest BCUT2D eigenvalue weighted by atomic mass is 10.1. The molecule has 0 radical (unpaired) electrons. The molecular formula is C17H14Cl2N2O2S. The van der Waals surface area contributed by atoms with Gasteiger partial charge in [-0.2, -0.15) is 0 Å². The van der Waals surface area contributed by atoms with Crippen LogP contribution in [0.25, 0.3) is 10.2 Å². The normalized spacial score (nSPS) is 10.8. The summed E-state index contributed by atoms with van der Waals surface area (Å²) >= 11 is 13.4. The number of aromatic nitrogens is 1. The first-order chi connectivity index (χ1) is 11.5. The first-order valence-corrected chi connectivity index (χ1v) is 8.76. The Morgan fingerprint density at radius 2 is 2.04 bits per heavy atom. The Hall–Kier alpha value is -1.82. The molecule has 7 heteroatoms. The highest BCUT2D eigenvalue weighted by atomic mass is 35.5. The molecule has 0 saturated carbocycles. The number of hydrogen-bond donors (Lipinski definition) is 1. The van der Waals surface area contributed by atoms with Crippen molar-refractivity contribution in [2.75, 3.05) is 11.9 Å². The van der Waals surface area contributed by atoms with Crippen LogP contribution >= 0.6 is 34.5 Å². The van der Waals surface area contributed by atoms with E-state index in [1.165, 1.54) is 11.3 Å². The van der Waals surface area contributed by atoms with Gasteiger partial charge in [0.05, 0.1) is 14.7 Å². The Labute approximate surface area is 153 Å². The van der Waals surface area contributed by atoms with E-state index in [-0.39, 0.29) is 12.5 Å². The minimum absolute atomic E-state index is 0.0886. The van der Waals surface area contributed by atoms with Gasteiger partial charge in [0.2, 0.25) is 0 Å². The maximum absolute atomic E-state index is 12.1. The van der Waals surface area contributed by atoms with Gasteiger partial charge in [-0.05, 0) is 43.2 Å². The van der Waals surface area contributed by atoms with E-state index in [0.717, 1.165) is 15.8 Å². The van der Waals surface area contributed by atoms with E-state index in [1.54, 1.807) is 6.07 Å². The van der Waals surface area contributed by atoms with Gasteiger partial charge >= 0.3 is 0 Å². The van der Waals surface area contributed by atoms with E-state index in [9.17, 15) is 4.79 Å². The molecule has 0 atom stereocenters. The summed E-state index contributed by atoms with van der Waals surface area (Å²) in [7, 11) is 0. The maximum Gasteiger partial charge on any atom is 0.264 e. The minimum Gasteiger partial charge on any atom is -0.483 e. The lowest BCUT2D eigenvalue weighted by Crippen LogP contribution is -2.20. The van der Waals surface area contributed by atoms with E-state index in [4.69, 9.17) is 27.9 Å². The first-order valence-electron chi connectivity index (χ1n) is 7.19. The van der Waals surface area contributed by atoms with E-state index in [0.29, 0.717) is 26.4 Å². The third kappa shape index (κ3) is 3.48. The van der Waals surface area contributed by atoms with Crippen LogP contribution in [0.15, 0.2) is 30.3 Å². The number of hydrogen-bond acceptors (Lipinski definition) is 4.